The summed E-state index contributed by atoms with van der Waals surface area (Å²) in [5, 5.41) is 10.9. The number of aliphatic hydroxyl groups is 1. The molecule has 1 saturated heterocycles. The Morgan fingerprint density at radius 1 is 1.39 bits per heavy atom. The lowest BCUT2D eigenvalue weighted by atomic mass is 10.1. The van der Waals surface area contributed by atoms with Gasteiger partial charge in [-0.1, -0.05) is 23.7 Å². The van der Waals surface area contributed by atoms with Crippen LogP contribution in [-0.4, -0.2) is 41.8 Å². The highest BCUT2D eigenvalue weighted by molar-refractivity contribution is 6.30. The predicted octanol–water partition coefficient (Wildman–Crippen LogP) is 2.48. The molecule has 1 unspecified atom stereocenters. The minimum atomic E-state index is -0.476. The molecule has 1 aliphatic rings. The van der Waals surface area contributed by atoms with E-state index < -0.39 is 6.10 Å². The molecule has 1 heterocycles. The Balaban J connectivity index is 1.94. The number of aliphatic hydroxyl groups excluding tert-OH is 1. The van der Waals surface area contributed by atoms with Crippen molar-refractivity contribution in [2.75, 3.05) is 26.2 Å². The summed E-state index contributed by atoms with van der Waals surface area (Å²) in [5.41, 5.74) is 0.779. The fraction of sp³-hybridized carbons (Fsp3) is 0.571. The first-order chi connectivity index (χ1) is 8.46. The van der Waals surface area contributed by atoms with Crippen molar-refractivity contribution in [3.63, 3.8) is 0 Å². The first kappa shape index (κ1) is 13.8. The number of nitrogens with zero attached hydrogens (tertiary/aromatic N) is 1. The van der Waals surface area contributed by atoms with Gasteiger partial charge in [0.2, 0.25) is 0 Å². The van der Waals surface area contributed by atoms with Crippen molar-refractivity contribution in [3.05, 3.63) is 34.9 Å². The third-order valence-electron chi connectivity index (χ3n) is 3.19. The van der Waals surface area contributed by atoms with E-state index in [1.807, 2.05) is 24.3 Å². The van der Waals surface area contributed by atoms with Gasteiger partial charge < -0.3 is 9.84 Å². The molecule has 0 aliphatic carbocycles. The molecule has 1 fully saturated rings. The van der Waals surface area contributed by atoms with Crippen molar-refractivity contribution in [1.29, 1.82) is 0 Å². The van der Waals surface area contributed by atoms with Crippen molar-refractivity contribution in [2.24, 2.45) is 0 Å². The molecule has 1 aromatic rings. The molecule has 18 heavy (non-hydrogen) atoms. The average Bonchev–Trinajstić information content (AvgIpc) is 2.28. The van der Waals surface area contributed by atoms with E-state index >= 15 is 0 Å². The lowest BCUT2D eigenvalue weighted by Gasteiger charge is -2.38. The Bertz CT molecular complexity index is 391. The van der Waals surface area contributed by atoms with Gasteiger partial charge in [-0.2, -0.15) is 0 Å². The van der Waals surface area contributed by atoms with E-state index in [9.17, 15) is 5.11 Å². The van der Waals surface area contributed by atoms with E-state index in [2.05, 4.69) is 18.7 Å². The van der Waals surface area contributed by atoms with Crippen LogP contribution in [0.2, 0.25) is 5.02 Å². The summed E-state index contributed by atoms with van der Waals surface area (Å²) in [6.07, 6.45) is -0.476. The summed E-state index contributed by atoms with van der Waals surface area (Å²) < 4.78 is 5.66. The van der Waals surface area contributed by atoms with Gasteiger partial charge in [-0.05, 0) is 31.5 Å². The van der Waals surface area contributed by atoms with Crippen LogP contribution in [0, 0.1) is 0 Å². The molecule has 3 nitrogen and oxygen atoms in total. The van der Waals surface area contributed by atoms with Gasteiger partial charge in [-0.25, -0.2) is 0 Å². The van der Waals surface area contributed by atoms with Crippen molar-refractivity contribution in [1.82, 2.24) is 4.90 Å². The molecule has 0 bridgehead atoms. The second-order valence-electron chi connectivity index (χ2n) is 5.41. The van der Waals surface area contributed by atoms with Gasteiger partial charge in [0.15, 0.2) is 0 Å². The van der Waals surface area contributed by atoms with Crippen molar-refractivity contribution in [3.8, 4) is 0 Å². The minimum absolute atomic E-state index is 0.127. The number of rotatable bonds is 3. The number of benzene rings is 1. The summed E-state index contributed by atoms with van der Waals surface area (Å²) in [6, 6.07) is 7.36. The smallest absolute Gasteiger partial charge is 0.0916 e. The minimum Gasteiger partial charge on any atom is -0.387 e. The van der Waals surface area contributed by atoms with E-state index in [1.54, 1.807) is 0 Å². The predicted molar refractivity (Wildman–Crippen MR) is 72.9 cm³/mol. The third-order valence-corrected chi connectivity index (χ3v) is 3.44. The second kappa shape index (κ2) is 5.57. The second-order valence-corrected chi connectivity index (χ2v) is 5.85. The zero-order valence-electron chi connectivity index (χ0n) is 10.9. The molecule has 0 radical (unpaired) electrons. The fourth-order valence-electron chi connectivity index (χ4n) is 2.30. The first-order valence-electron chi connectivity index (χ1n) is 6.26. The average molecular weight is 270 g/mol. The Morgan fingerprint density at radius 2 is 2.06 bits per heavy atom. The molecule has 0 amide bonds. The molecule has 1 atom stereocenters. The molecular formula is C14H20ClNO2. The van der Waals surface area contributed by atoms with Gasteiger partial charge in [-0.3, -0.25) is 4.90 Å². The quantitative estimate of drug-likeness (QED) is 0.915. The normalized spacial score (nSPS) is 21.8. The van der Waals surface area contributed by atoms with Gasteiger partial charge in [0.25, 0.3) is 0 Å². The Hall–Kier alpha value is -0.610. The van der Waals surface area contributed by atoms with Crippen LogP contribution in [-0.2, 0) is 4.74 Å². The molecule has 0 aromatic heterocycles. The maximum Gasteiger partial charge on any atom is 0.0916 e. The van der Waals surface area contributed by atoms with Crippen molar-refractivity contribution >= 4 is 11.6 Å². The van der Waals surface area contributed by atoms with Crippen LogP contribution in [0.15, 0.2) is 24.3 Å². The number of morpholine rings is 1. The van der Waals surface area contributed by atoms with Crippen LogP contribution in [0.3, 0.4) is 0 Å². The molecular weight excluding hydrogens is 250 g/mol. The summed E-state index contributed by atoms with van der Waals surface area (Å²) in [6.45, 7) is 7.22. The highest BCUT2D eigenvalue weighted by Crippen LogP contribution is 2.21. The summed E-state index contributed by atoms with van der Waals surface area (Å²) >= 11 is 5.84. The molecule has 1 aliphatic heterocycles. The van der Waals surface area contributed by atoms with Crippen LogP contribution in [0.25, 0.3) is 0 Å². The van der Waals surface area contributed by atoms with Crippen molar-refractivity contribution in [2.45, 2.75) is 25.6 Å². The zero-order valence-corrected chi connectivity index (χ0v) is 11.7. The molecule has 1 N–H and O–H groups in total. The number of ether oxygens (including phenoxy) is 1. The van der Waals surface area contributed by atoms with Gasteiger partial charge in [0.05, 0.1) is 18.3 Å². The maximum atomic E-state index is 10.2. The van der Waals surface area contributed by atoms with Crippen LogP contribution in [0.1, 0.15) is 25.5 Å². The number of hydrogen-bond acceptors (Lipinski definition) is 3. The number of β-amino-alcohol motifs (C(OH)–C–C–N with tert-alkyl or cyclic N) is 1. The molecule has 100 valence electrons. The Kier molecular flexibility index (Phi) is 4.28. The summed E-state index contributed by atoms with van der Waals surface area (Å²) in [5.74, 6) is 0. The highest BCUT2D eigenvalue weighted by atomic mass is 35.5. The van der Waals surface area contributed by atoms with Crippen LogP contribution >= 0.6 is 11.6 Å². The fourth-order valence-corrected chi connectivity index (χ4v) is 2.43. The van der Waals surface area contributed by atoms with E-state index in [4.69, 9.17) is 16.3 Å². The lowest BCUT2D eigenvalue weighted by Crippen LogP contribution is -2.49. The summed E-state index contributed by atoms with van der Waals surface area (Å²) in [7, 11) is 0. The standard InChI is InChI=1S/C14H20ClNO2/c1-14(2)10-16(7-8-18-14)9-13(17)11-3-5-12(15)6-4-11/h3-6,13,17H,7-10H2,1-2H3. The summed E-state index contributed by atoms with van der Waals surface area (Å²) in [4.78, 5) is 2.24. The van der Waals surface area contributed by atoms with E-state index in [0.29, 0.717) is 11.6 Å². The van der Waals surface area contributed by atoms with Gasteiger partial charge in [0, 0.05) is 24.7 Å². The molecule has 1 aromatic carbocycles. The molecule has 0 spiro atoms. The monoisotopic (exact) mass is 269 g/mol. The third kappa shape index (κ3) is 3.69. The van der Waals surface area contributed by atoms with E-state index in [-0.39, 0.29) is 5.60 Å². The highest BCUT2D eigenvalue weighted by Gasteiger charge is 2.28. The SMILES string of the molecule is CC1(C)CN(CC(O)c2ccc(Cl)cc2)CCO1. The first-order valence-corrected chi connectivity index (χ1v) is 6.64. The van der Waals surface area contributed by atoms with E-state index in [0.717, 1.165) is 25.3 Å². The van der Waals surface area contributed by atoms with Crippen molar-refractivity contribution < 1.29 is 9.84 Å². The number of halogens is 1. The lowest BCUT2D eigenvalue weighted by molar-refractivity contribution is -0.0932. The number of hydrogen-bond donors (Lipinski definition) is 1. The van der Waals surface area contributed by atoms with E-state index in [1.165, 1.54) is 0 Å². The van der Waals surface area contributed by atoms with Crippen LogP contribution in [0.5, 0.6) is 0 Å². The van der Waals surface area contributed by atoms with Gasteiger partial charge in [-0.15, -0.1) is 0 Å². The molecule has 2 rings (SSSR count). The Morgan fingerprint density at radius 3 is 2.67 bits per heavy atom. The maximum absolute atomic E-state index is 10.2. The van der Waals surface area contributed by atoms with Crippen LogP contribution < -0.4 is 0 Å². The molecule has 0 saturated carbocycles. The Labute approximate surface area is 113 Å². The topological polar surface area (TPSA) is 32.7 Å². The van der Waals surface area contributed by atoms with Gasteiger partial charge >= 0.3 is 0 Å². The van der Waals surface area contributed by atoms with Crippen LogP contribution in [0.4, 0.5) is 0 Å². The zero-order chi connectivity index (χ0) is 13.2. The molecule has 4 heteroatoms. The van der Waals surface area contributed by atoms with Gasteiger partial charge in [0.1, 0.15) is 0 Å². The largest absolute Gasteiger partial charge is 0.387 e.